The quantitative estimate of drug-likeness (QED) is 0.630. The molecule has 33 heavy (non-hydrogen) atoms. The van der Waals surface area contributed by atoms with E-state index in [2.05, 4.69) is 10.6 Å². The van der Waals surface area contributed by atoms with Gasteiger partial charge >= 0.3 is 0 Å². The number of carbonyl (C=O) groups excluding carboxylic acids is 3. The Morgan fingerprint density at radius 2 is 1.52 bits per heavy atom. The molecule has 1 aliphatic rings. The number of likely N-dealkylation sites (tertiary alicyclic amines) is 1. The molecule has 1 aliphatic heterocycles. The van der Waals surface area contributed by atoms with Crippen LogP contribution in [0.2, 0.25) is 0 Å². The van der Waals surface area contributed by atoms with Crippen LogP contribution in [0.1, 0.15) is 60.2 Å². The van der Waals surface area contributed by atoms with Gasteiger partial charge < -0.3 is 20.4 Å². The standard InChI is InChI=1S/C26H34N4O3/c1-3-29(4-2)25(32)20-12-14-22(15-13-20)28-24(31)19-27-23-11-9-10-21(18-23)26(33)30-16-7-5-6-8-17-30/h9-15,18,27H,3-8,16-17,19H2,1-2H3,(H,28,31). The number of carbonyl (C=O) groups is 3. The van der Waals surface area contributed by atoms with E-state index in [0.29, 0.717) is 29.9 Å². The van der Waals surface area contributed by atoms with Gasteiger partial charge in [-0.3, -0.25) is 14.4 Å². The number of hydrogen-bond donors (Lipinski definition) is 2. The topological polar surface area (TPSA) is 81.8 Å². The lowest BCUT2D eigenvalue weighted by molar-refractivity contribution is -0.114. The van der Waals surface area contributed by atoms with E-state index in [1.54, 1.807) is 35.2 Å². The summed E-state index contributed by atoms with van der Waals surface area (Å²) in [6, 6.07) is 14.2. The Balaban J connectivity index is 1.53. The SMILES string of the molecule is CCN(CC)C(=O)c1ccc(NC(=O)CNc2cccc(C(=O)N3CCCCCC3)c2)cc1. The lowest BCUT2D eigenvalue weighted by atomic mass is 10.1. The Morgan fingerprint density at radius 1 is 0.848 bits per heavy atom. The second kappa shape index (κ2) is 12.0. The van der Waals surface area contributed by atoms with Crippen molar-refractivity contribution in [1.82, 2.24) is 9.80 Å². The van der Waals surface area contributed by atoms with Crippen molar-refractivity contribution >= 4 is 29.1 Å². The van der Waals surface area contributed by atoms with Gasteiger partial charge in [0.25, 0.3) is 11.8 Å². The number of amides is 3. The lowest BCUT2D eigenvalue weighted by Crippen LogP contribution is -2.31. The van der Waals surface area contributed by atoms with Crippen molar-refractivity contribution in [2.24, 2.45) is 0 Å². The molecule has 0 unspecified atom stereocenters. The number of benzene rings is 2. The fraction of sp³-hybridized carbons (Fsp3) is 0.423. The van der Waals surface area contributed by atoms with Crippen LogP contribution in [-0.4, -0.2) is 60.2 Å². The number of nitrogens with one attached hydrogen (secondary N) is 2. The van der Waals surface area contributed by atoms with Crippen molar-refractivity contribution in [3.63, 3.8) is 0 Å². The highest BCUT2D eigenvalue weighted by Crippen LogP contribution is 2.17. The van der Waals surface area contributed by atoms with Crippen molar-refractivity contribution in [2.45, 2.75) is 39.5 Å². The number of anilines is 2. The summed E-state index contributed by atoms with van der Waals surface area (Å²) in [4.78, 5) is 41.3. The molecule has 0 aliphatic carbocycles. The summed E-state index contributed by atoms with van der Waals surface area (Å²) in [5.74, 6) is -0.180. The minimum Gasteiger partial charge on any atom is -0.376 e. The number of rotatable bonds is 8. The molecule has 2 N–H and O–H groups in total. The van der Waals surface area contributed by atoms with Gasteiger partial charge in [0.1, 0.15) is 0 Å². The van der Waals surface area contributed by atoms with Crippen LogP contribution >= 0.6 is 0 Å². The molecule has 1 saturated heterocycles. The van der Waals surface area contributed by atoms with E-state index in [4.69, 9.17) is 0 Å². The van der Waals surface area contributed by atoms with Gasteiger partial charge in [-0.15, -0.1) is 0 Å². The molecule has 2 aromatic carbocycles. The minimum absolute atomic E-state index is 0.0193. The first-order valence-corrected chi connectivity index (χ1v) is 11.8. The van der Waals surface area contributed by atoms with Gasteiger partial charge in [0.2, 0.25) is 5.91 Å². The number of nitrogens with zero attached hydrogens (tertiary/aromatic N) is 2. The first kappa shape index (κ1) is 24.3. The molecule has 2 aromatic rings. The molecule has 7 nitrogen and oxygen atoms in total. The van der Waals surface area contributed by atoms with Gasteiger partial charge in [-0.1, -0.05) is 18.9 Å². The van der Waals surface area contributed by atoms with Crippen LogP contribution in [0.25, 0.3) is 0 Å². The van der Waals surface area contributed by atoms with Gasteiger partial charge in [-0.25, -0.2) is 0 Å². The molecule has 1 fully saturated rings. The highest BCUT2D eigenvalue weighted by molar-refractivity contribution is 5.97. The van der Waals surface area contributed by atoms with E-state index >= 15 is 0 Å². The van der Waals surface area contributed by atoms with E-state index in [1.807, 2.05) is 36.9 Å². The maximum absolute atomic E-state index is 12.8. The molecule has 0 spiro atoms. The zero-order chi connectivity index (χ0) is 23.6. The van der Waals surface area contributed by atoms with Crippen molar-refractivity contribution in [1.29, 1.82) is 0 Å². The van der Waals surface area contributed by atoms with Crippen LogP contribution in [0.15, 0.2) is 48.5 Å². The van der Waals surface area contributed by atoms with Crippen molar-refractivity contribution in [3.8, 4) is 0 Å². The molecule has 0 aromatic heterocycles. The van der Waals surface area contributed by atoms with Gasteiger partial charge in [-0.2, -0.15) is 0 Å². The molecule has 7 heteroatoms. The van der Waals surface area contributed by atoms with Crippen LogP contribution < -0.4 is 10.6 Å². The fourth-order valence-electron chi connectivity index (χ4n) is 4.00. The average Bonchev–Trinajstić information content (AvgIpc) is 3.13. The summed E-state index contributed by atoms with van der Waals surface area (Å²) in [5.41, 5.74) is 2.59. The maximum atomic E-state index is 12.8. The minimum atomic E-state index is -0.206. The summed E-state index contributed by atoms with van der Waals surface area (Å²) >= 11 is 0. The Kier molecular flexibility index (Phi) is 8.87. The zero-order valence-corrected chi connectivity index (χ0v) is 19.6. The number of hydrogen-bond acceptors (Lipinski definition) is 4. The molecule has 0 atom stereocenters. The van der Waals surface area contributed by atoms with Crippen LogP contribution in [0.5, 0.6) is 0 Å². The van der Waals surface area contributed by atoms with E-state index in [-0.39, 0.29) is 24.3 Å². The second-order valence-electron chi connectivity index (χ2n) is 8.24. The van der Waals surface area contributed by atoms with Crippen LogP contribution in [0, 0.1) is 0 Å². The largest absolute Gasteiger partial charge is 0.376 e. The molecule has 0 saturated carbocycles. The normalized spacial score (nSPS) is 13.7. The summed E-state index contributed by atoms with van der Waals surface area (Å²) in [7, 11) is 0. The van der Waals surface area contributed by atoms with Gasteiger partial charge in [-0.05, 0) is 69.2 Å². The lowest BCUT2D eigenvalue weighted by Gasteiger charge is -2.20. The van der Waals surface area contributed by atoms with Crippen molar-refractivity contribution in [3.05, 3.63) is 59.7 Å². The zero-order valence-electron chi connectivity index (χ0n) is 19.6. The van der Waals surface area contributed by atoms with Crippen molar-refractivity contribution in [2.75, 3.05) is 43.4 Å². The monoisotopic (exact) mass is 450 g/mol. The Hall–Kier alpha value is -3.35. The first-order chi connectivity index (χ1) is 16.0. The molecule has 0 bridgehead atoms. The molecule has 1 heterocycles. The van der Waals surface area contributed by atoms with Crippen LogP contribution in [-0.2, 0) is 4.79 Å². The van der Waals surface area contributed by atoms with Gasteiger partial charge in [0.05, 0.1) is 6.54 Å². The third kappa shape index (κ3) is 6.81. The van der Waals surface area contributed by atoms with Crippen LogP contribution in [0.3, 0.4) is 0 Å². The van der Waals surface area contributed by atoms with Crippen LogP contribution in [0.4, 0.5) is 11.4 Å². The maximum Gasteiger partial charge on any atom is 0.253 e. The van der Waals surface area contributed by atoms with E-state index < -0.39 is 0 Å². The first-order valence-electron chi connectivity index (χ1n) is 11.8. The van der Waals surface area contributed by atoms with E-state index in [9.17, 15) is 14.4 Å². The Bertz CT molecular complexity index is 946. The smallest absolute Gasteiger partial charge is 0.253 e. The molecule has 3 amide bonds. The van der Waals surface area contributed by atoms with Crippen molar-refractivity contribution < 1.29 is 14.4 Å². The van der Waals surface area contributed by atoms with E-state index in [1.165, 1.54) is 12.8 Å². The Labute approximate surface area is 196 Å². The average molecular weight is 451 g/mol. The van der Waals surface area contributed by atoms with E-state index in [0.717, 1.165) is 31.6 Å². The third-order valence-corrected chi connectivity index (χ3v) is 5.92. The third-order valence-electron chi connectivity index (χ3n) is 5.92. The predicted molar refractivity (Wildman–Crippen MR) is 132 cm³/mol. The highest BCUT2D eigenvalue weighted by Gasteiger charge is 2.17. The molecular weight excluding hydrogens is 416 g/mol. The molecular formula is C26H34N4O3. The summed E-state index contributed by atoms with van der Waals surface area (Å²) in [6.45, 7) is 6.89. The predicted octanol–water partition coefficient (Wildman–Crippen LogP) is 4.24. The second-order valence-corrected chi connectivity index (χ2v) is 8.24. The molecule has 176 valence electrons. The summed E-state index contributed by atoms with van der Waals surface area (Å²) in [6.07, 6.45) is 4.45. The van der Waals surface area contributed by atoms with Gasteiger partial charge in [0, 0.05) is 48.7 Å². The summed E-state index contributed by atoms with van der Waals surface area (Å²) < 4.78 is 0. The fourth-order valence-corrected chi connectivity index (χ4v) is 4.00. The molecule has 0 radical (unpaired) electrons. The molecule has 3 rings (SSSR count). The highest BCUT2D eigenvalue weighted by atomic mass is 16.2. The summed E-state index contributed by atoms with van der Waals surface area (Å²) in [5, 5.41) is 5.92. The van der Waals surface area contributed by atoms with Gasteiger partial charge in [0.15, 0.2) is 0 Å². The Morgan fingerprint density at radius 3 is 2.15 bits per heavy atom.